The summed E-state index contributed by atoms with van der Waals surface area (Å²) in [7, 11) is -3.73. The molecule has 0 saturated carbocycles. The van der Waals surface area contributed by atoms with E-state index < -0.39 is 10.0 Å². The lowest BCUT2D eigenvalue weighted by Crippen LogP contribution is -2.24. The van der Waals surface area contributed by atoms with Crippen molar-refractivity contribution >= 4 is 21.6 Å². The number of hydrogen-bond donors (Lipinski definition) is 2. The van der Waals surface area contributed by atoms with Crippen molar-refractivity contribution < 1.29 is 17.6 Å². The van der Waals surface area contributed by atoms with Crippen LogP contribution in [0, 0.1) is 0 Å². The van der Waals surface area contributed by atoms with Crippen LogP contribution in [0.5, 0.6) is 0 Å². The number of carbonyl (C=O) groups is 1. The molecule has 0 radical (unpaired) electrons. The van der Waals surface area contributed by atoms with Crippen molar-refractivity contribution in [3.8, 4) is 0 Å². The molecular formula is C21H22N2O4S. The number of furan rings is 1. The summed E-state index contributed by atoms with van der Waals surface area (Å²) in [5.74, 6) is 0.0343. The summed E-state index contributed by atoms with van der Waals surface area (Å²) in [6.07, 6.45) is 2.12. The molecule has 2 aromatic carbocycles. The Morgan fingerprint density at radius 3 is 2.50 bits per heavy atom. The van der Waals surface area contributed by atoms with Crippen LogP contribution in [-0.2, 0) is 21.4 Å². The Labute approximate surface area is 164 Å². The van der Waals surface area contributed by atoms with Gasteiger partial charge in [0.15, 0.2) is 0 Å². The summed E-state index contributed by atoms with van der Waals surface area (Å²) < 4.78 is 32.6. The minimum atomic E-state index is -3.73. The monoisotopic (exact) mass is 398 g/mol. The summed E-state index contributed by atoms with van der Waals surface area (Å²) in [5, 5.41) is 2.82. The Balaban J connectivity index is 1.72. The van der Waals surface area contributed by atoms with E-state index in [9.17, 15) is 13.2 Å². The van der Waals surface area contributed by atoms with Gasteiger partial charge in [0.1, 0.15) is 5.76 Å². The van der Waals surface area contributed by atoms with Crippen molar-refractivity contribution in [3.05, 3.63) is 84.3 Å². The maximum absolute atomic E-state index is 12.7. The summed E-state index contributed by atoms with van der Waals surface area (Å²) >= 11 is 0. The summed E-state index contributed by atoms with van der Waals surface area (Å²) in [4.78, 5) is 12.8. The standard InChI is InChI=1S/C21H22N2O4S/c1-2-20(16-8-4-3-5-9-16)21(24)23-17-10-6-12-19(14-17)28(25,26)22-15-18-11-7-13-27-18/h3-14,20,22H,2,15H2,1H3,(H,23,24). The highest BCUT2D eigenvalue weighted by Gasteiger charge is 2.20. The first-order chi connectivity index (χ1) is 13.5. The van der Waals surface area contributed by atoms with Gasteiger partial charge < -0.3 is 9.73 Å². The zero-order valence-corrected chi connectivity index (χ0v) is 16.3. The molecule has 1 amide bonds. The van der Waals surface area contributed by atoms with Crippen LogP contribution in [0.15, 0.2) is 82.3 Å². The fourth-order valence-corrected chi connectivity index (χ4v) is 3.93. The number of amides is 1. The van der Waals surface area contributed by atoms with Gasteiger partial charge in [-0.3, -0.25) is 4.79 Å². The molecule has 0 bridgehead atoms. The first-order valence-corrected chi connectivity index (χ1v) is 10.5. The quantitative estimate of drug-likeness (QED) is 0.602. The Hall–Kier alpha value is -2.90. The second-order valence-electron chi connectivity index (χ2n) is 6.29. The van der Waals surface area contributed by atoms with Gasteiger partial charge in [0.25, 0.3) is 0 Å². The van der Waals surface area contributed by atoms with Crippen LogP contribution in [0.1, 0.15) is 30.6 Å². The zero-order valence-electron chi connectivity index (χ0n) is 15.5. The highest BCUT2D eigenvalue weighted by Crippen LogP contribution is 2.23. The molecule has 3 rings (SSSR count). The Bertz CT molecular complexity index is 1020. The van der Waals surface area contributed by atoms with Gasteiger partial charge in [-0.1, -0.05) is 43.3 Å². The first kappa shape index (κ1) is 19.9. The van der Waals surface area contributed by atoms with E-state index in [2.05, 4.69) is 10.0 Å². The van der Waals surface area contributed by atoms with Gasteiger partial charge in [-0.05, 0) is 42.3 Å². The smallest absolute Gasteiger partial charge is 0.241 e. The average Bonchev–Trinajstić information content (AvgIpc) is 3.22. The van der Waals surface area contributed by atoms with E-state index in [-0.39, 0.29) is 23.3 Å². The van der Waals surface area contributed by atoms with Crippen molar-refractivity contribution in [1.82, 2.24) is 4.72 Å². The molecule has 0 spiro atoms. The predicted octanol–water partition coefficient (Wildman–Crippen LogP) is 3.89. The van der Waals surface area contributed by atoms with Gasteiger partial charge >= 0.3 is 0 Å². The number of benzene rings is 2. The number of anilines is 1. The topological polar surface area (TPSA) is 88.4 Å². The molecule has 1 unspecified atom stereocenters. The van der Waals surface area contributed by atoms with Crippen LogP contribution in [-0.4, -0.2) is 14.3 Å². The number of hydrogen-bond acceptors (Lipinski definition) is 4. The van der Waals surface area contributed by atoms with Crippen molar-refractivity contribution in [1.29, 1.82) is 0 Å². The predicted molar refractivity (Wildman–Crippen MR) is 107 cm³/mol. The molecule has 28 heavy (non-hydrogen) atoms. The molecule has 1 aromatic heterocycles. The van der Waals surface area contributed by atoms with E-state index in [1.807, 2.05) is 37.3 Å². The molecule has 0 aliphatic carbocycles. The Morgan fingerprint density at radius 2 is 1.82 bits per heavy atom. The van der Waals surface area contributed by atoms with Crippen LogP contribution in [0.3, 0.4) is 0 Å². The summed E-state index contributed by atoms with van der Waals surface area (Å²) in [6, 6.07) is 19.1. The molecule has 1 atom stereocenters. The van der Waals surface area contributed by atoms with Gasteiger partial charge in [-0.2, -0.15) is 0 Å². The molecule has 0 fully saturated rings. The molecule has 0 aliphatic rings. The van der Waals surface area contributed by atoms with Crippen molar-refractivity contribution in [2.45, 2.75) is 30.7 Å². The molecule has 0 saturated heterocycles. The summed E-state index contributed by atoms with van der Waals surface area (Å²) in [6.45, 7) is 1.99. The van der Waals surface area contributed by atoms with E-state index in [1.54, 1.807) is 24.3 Å². The third-order valence-electron chi connectivity index (χ3n) is 4.36. The van der Waals surface area contributed by atoms with Crippen molar-refractivity contribution in [3.63, 3.8) is 0 Å². The van der Waals surface area contributed by atoms with Crippen LogP contribution in [0.25, 0.3) is 0 Å². The van der Waals surface area contributed by atoms with Crippen molar-refractivity contribution in [2.24, 2.45) is 0 Å². The lowest BCUT2D eigenvalue weighted by Gasteiger charge is -2.16. The normalized spacial score (nSPS) is 12.5. The molecule has 1 heterocycles. The fourth-order valence-electron chi connectivity index (χ4n) is 2.89. The third kappa shape index (κ3) is 4.88. The number of carbonyl (C=O) groups excluding carboxylic acids is 1. The fraction of sp³-hybridized carbons (Fsp3) is 0.190. The molecule has 0 aliphatic heterocycles. The Kier molecular flexibility index (Phi) is 6.28. The van der Waals surface area contributed by atoms with Crippen LogP contribution in [0.2, 0.25) is 0 Å². The average molecular weight is 398 g/mol. The zero-order chi connectivity index (χ0) is 20.0. The second-order valence-corrected chi connectivity index (χ2v) is 8.06. The molecular weight excluding hydrogens is 376 g/mol. The van der Waals surface area contributed by atoms with Crippen LogP contribution in [0.4, 0.5) is 5.69 Å². The molecule has 146 valence electrons. The van der Waals surface area contributed by atoms with Crippen LogP contribution >= 0.6 is 0 Å². The maximum Gasteiger partial charge on any atom is 0.241 e. The van der Waals surface area contributed by atoms with Gasteiger partial charge in [-0.25, -0.2) is 13.1 Å². The SMILES string of the molecule is CCC(C(=O)Nc1cccc(S(=O)(=O)NCc2ccco2)c1)c1ccccc1. The van der Waals surface area contributed by atoms with E-state index in [0.717, 1.165) is 5.56 Å². The Morgan fingerprint density at radius 1 is 1.04 bits per heavy atom. The van der Waals surface area contributed by atoms with E-state index >= 15 is 0 Å². The largest absolute Gasteiger partial charge is 0.468 e. The van der Waals surface area contributed by atoms with Gasteiger partial charge in [0, 0.05) is 5.69 Å². The minimum Gasteiger partial charge on any atom is -0.468 e. The van der Waals surface area contributed by atoms with Gasteiger partial charge in [-0.15, -0.1) is 0 Å². The van der Waals surface area contributed by atoms with Crippen molar-refractivity contribution in [2.75, 3.05) is 5.32 Å². The number of sulfonamides is 1. The number of rotatable bonds is 8. The molecule has 7 heteroatoms. The summed E-state index contributed by atoms with van der Waals surface area (Å²) in [5.41, 5.74) is 1.35. The lowest BCUT2D eigenvalue weighted by atomic mass is 9.95. The molecule has 2 N–H and O–H groups in total. The minimum absolute atomic E-state index is 0.0534. The van der Waals surface area contributed by atoms with Crippen LogP contribution < -0.4 is 10.0 Å². The van der Waals surface area contributed by atoms with E-state index in [4.69, 9.17) is 4.42 Å². The van der Waals surface area contributed by atoms with E-state index in [1.165, 1.54) is 18.4 Å². The highest BCUT2D eigenvalue weighted by molar-refractivity contribution is 7.89. The third-order valence-corrected chi connectivity index (χ3v) is 5.75. The van der Waals surface area contributed by atoms with Gasteiger partial charge in [0.2, 0.25) is 15.9 Å². The molecule has 6 nitrogen and oxygen atoms in total. The van der Waals surface area contributed by atoms with E-state index in [0.29, 0.717) is 17.9 Å². The number of nitrogens with one attached hydrogen (secondary N) is 2. The molecule has 3 aromatic rings. The lowest BCUT2D eigenvalue weighted by molar-refractivity contribution is -0.117. The highest BCUT2D eigenvalue weighted by atomic mass is 32.2. The second kappa shape index (κ2) is 8.86. The maximum atomic E-state index is 12.7. The van der Waals surface area contributed by atoms with Gasteiger partial charge in [0.05, 0.1) is 23.6 Å². The first-order valence-electron chi connectivity index (χ1n) is 8.97.